The van der Waals surface area contributed by atoms with Gasteiger partial charge in [0.2, 0.25) is 23.6 Å². The van der Waals surface area contributed by atoms with Crippen molar-refractivity contribution in [3.8, 4) is 11.1 Å². The zero-order chi connectivity index (χ0) is 56.4. The van der Waals surface area contributed by atoms with Gasteiger partial charge in [-0.25, -0.2) is 13.6 Å². The minimum Gasteiger partial charge on any atom is -0.450 e. The molecule has 1 aliphatic rings. The first-order valence-corrected chi connectivity index (χ1v) is 30.6. The predicted molar refractivity (Wildman–Crippen MR) is 291 cm³/mol. The Bertz CT molecular complexity index is 2420. The van der Waals surface area contributed by atoms with E-state index in [0.717, 1.165) is 58.6 Å². The molecule has 3 aromatic rings. The normalized spacial score (nSPS) is 13.3. The summed E-state index contributed by atoms with van der Waals surface area (Å²) in [5.41, 5.74) is 1.34. The number of rotatable bonds is 35. The summed E-state index contributed by atoms with van der Waals surface area (Å²) in [6.45, 7) is 14.9. The maximum atomic E-state index is 15.5. The Labute approximate surface area is 455 Å². The number of benzene rings is 2. The van der Waals surface area contributed by atoms with E-state index < -0.39 is 79.4 Å². The lowest BCUT2D eigenvalue weighted by atomic mass is 9.83. The fourth-order valence-corrected chi connectivity index (χ4v) is 9.54. The molecule has 0 saturated heterocycles. The minimum atomic E-state index is -1.46. The van der Waals surface area contributed by atoms with Crippen LogP contribution in [0, 0.1) is 17.0 Å². The fourth-order valence-electron chi connectivity index (χ4n) is 7.89. The van der Waals surface area contributed by atoms with Gasteiger partial charge in [0.05, 0.1) is 64.6 Å². The molecule has 2 heterocycles. The van der Waals surface area contributed by atoms with E-state index in [2.05, 4.69) is 40.9 Å². The Morgan fingerprint density at radius 3 is 2.08 bits per heavy atom. The van der Waals surface area contributed by atoms with E-state index in [0.29, 0.717) is 50.7 Å². The van der Waals surface area contributed by atoms with Crippen LogP contribution in [0.25, 0.3) is 11.1 Å². The highest BCUT2D eigenvalue weighted by molar-refractivity contribution is 8.00. The summed E-state index contributed by atoms with van der Waals surface area (Å²) in [6, 6.07) is 13.6. The average Bonchev–Trinajstić information content (AvgIpc) is 3.95. The molecule has 424 valence electrons. The molecule has 0 radical (unpaired) electrons. The Morgan fingerprint density at radius 1 is 0.779 bits per heavy atom. The molecular formula is C54H77F2N7O12SSi. The first kappa shape index (κ1) is 63.5. The molecule has 4 rings (SSSR count). The summed E-state index contributed by atoms with van der Waals surface area (Å²) in [6.07, 6.45) is 3.52. The van der Waals surface area contributed by atoms with Crippen LogP contribution < -0.4 is 21.3 Å². The number of carbonyl (C=O) groups is 7. The third kappa shape index (κ3) is 23.3. The zero-order valence-corrected chi connectivity index (χ0v) is 47.2. The summed E-state index contributed by atoms with van der Waals surface area (Å²) in [7, 11) is 0.121. The monoisotopic (exact) mass is 1110 g/mol. The molecule has 1 aliphatic heterocycles. The van der Waals surface area contributed by atoms with Gasteiger partial charge < -0.3 is 54.4 Å². The summed E-state index contributed by atoms with van der Waals surface area (Å²) in [5, 5.41) is 10.8. The van der Waals surface area contributed by atoms with Crippen LogP contribution in [0.4, 0.5) is 13.6 Å². The molecular weight excluding hydrogens is 1040 g/mol. The predicted octanol–water partition coefficient (Wildman–Crippen LogP) is 5.31. The van der Waals surface area contributed by atoms with Crippen LogP contribution in [0.1, 0.15) is 50.9 Å². The number of alkyl carbamates (subject to hydrolysis) is 1. The van der Waals surface area contributed by atoms with Crippen molar-refractivity contribution in [2.24, 2.45) is 5.41 Å². The lowest BCUT2D eigenvalue weighted by molar-refractivity contribution is -0.141. The van der Waals surface area contributed by atoms with Gasteiger partial charge in [-0.2, -0.15) is 0 Å². The van der Waals surface area contributed by atoms with Crippen molar-refractivity contribution in [1.29, 1.82) is 0 Å². The van der Waals surface area contributed by atoms with Crippen LogP contribution in [0.15, 0.2) is 72.9 Å². The summed E-state index contributed by atoms with van der Waals surface area (Å²) in [5.74, 6) is -4.76. The quantitative estimate of drug-likeness (QED) is 0.0333. The highest BCUT2D eigenvalue weighted by Crippen LogP contribution is 2.41. The molecule has 7 amide bonds. The van der Waals surface area contributed by atoms with Gasteiger partial charge in [-0.1, -0.05) is 70.7 Å². The molecule has 77 heavy (non-hydrogen) atoms. The number of imide groups is 1. The maximum Gasteiger partial charge on any atom is 0.407 e. The maximum absolute atomic E-state index is 15.5. The standard InChI is InChI=1S/C54H77F2N7O12SSi/c1-54(2,3)51(45-32-40(42-33-41(55)14-15-43(42)56)35-61(45)34-39-12-9-8-10-13-39)62(22-11-19-59-53(70)75-30-31-77(5,6)7)50(68)38-76-37-44(60-46(64)18-23-72-26-27-74-29-28-73-25-24-71-4)52(69)58-21-20-57-47(65)36-63-48(66)16-17-49(63)67/h8-10,12-17,32-33,35,44,51H,11,18-31,34,36-38H2,1-7H3,(H,57,65)(H,58,69)(H,59,70)(H,60,64)/t44-,51-/m0/s1. The van der Waals surface area contributed by atoms with Gasteiger partial charge in [0.1, 0.15) is 24.2 Å². The van der Waals surface area contributed by atoms with Crippen molar-refractivity contribution >= 4 is 61.4 Å². The largest absolute Gasteiger partial charge is 0.450 e. The van der Waals surface area contributed by atoms with Gasteiger partial charge in [-0.15, -0.1) is 11.8 Å². The highest BCUT2D eigenvalue weighted by Gasteiger charge is 2.37. The van der Waals surface area contributed by atoms with E-state index in [1.165, 1.54) is 0 Å². The number of thioether (sulfide) groups is 1. The van der Waals surface area contributed by atoms with Crippen LogP contribution in [0.2, 0.25) is 25.7 Å². The van der Waals surface area contributed by atoms with Crippen molar-refractivity contribution in [3.05, 3.63) is 95.8 Å². The van der Waals surface area contributed by atoms with Gasteiger partial charge in [-0.05, 0) is 47.7 Å². The van der Waals surface area contributed by atoms with Crippen molar-refractivity contribution in [2.75, 3.05) is 104 Å². The van der Waals surface area contributed by atoms with Crippen LogP contribution in [0.3, 0.4) is 0 Å². The molecule has 0 saturated carbocycles. The number of amides is 7. The zero-order valence-electron chi connectivity index (χ0n) is 45.4. The second kappa shape index (κ2) is 32.7. The number of aromatic nitrogens is 1. The van der Waals surface area contributed by atoms with Crippen LogP contribution in [0.5, 0.6) is 0 Å². The number of halogens is 2. The summed E-state index contributed by atoms with van der Waals surface area (Å²) in [4.78, 5) is 93.6. The molecule has 0 unspecified atom stereocenters. The molecule has 1 aromatic heterocycles. The third-order valence-corrected chi connectivity index (χ3v) is 14.5. The van der Waals surface area contributed by atoms with Crippen molar-refractivity contribution in [2.45, 2.75) is 77.9 Å². The number of hydrogen-bond donors (Lipinski definition) is 4. The Hall–Kier alpha value is -5.98. The molecule has 0 spiro atoms. The van der Waals surface area contributed by atoms with Gasteiger partial charge in [0, 0.05) is 95.3 Å². The van der Waals surface area contributed by atoms with Crippen molar-refractivity contribution < 1.29 is 66.0 Å². The minimum absolute atomic E-state index is 0.0246. The van der Waals surface area contributed by atoms with E-state index in [1.54, 1.807) is 24.3 Å². The van der Waals surface area contributed by atoms with Crippen molar-refractivity contribution in [1.82, 2.24) is 35.6 Å². The third-order valence-electron chi connectivity index (χ3n) is 11.8. The summed E-state index contributed by atoms with van der Waals surface area (Å²) < 4.78 is 58.9. The Balaban J connectivity index is 1.54. The molecule has 4 N–H and O–H groups in total. The van der Waals surface area contributed by atoms with Crippen LogP contribution in [-0.4, -0.2) is 174 Å². The second-order valence-corrected chi connectivity index (χ2v) is 27.1. The fraction of sp³-hybridized carbons (Fsp3) is 0.537. The molecule has 2 atom stereocenters. The number of nitrogens with zero attached hydrogens (tertiary/aromatic N) is 3. The Kier molecular flexibility index (Phi) is 27.0. The lowest BCUT2D eigenvalue weighted by Crippen LogP contribution is -2.50. The number of methoxy groups -OCH3 is 1. The highest BCUT2D eigenvalue weighted by atomic mass is 32.2. The molecule has 0 aliphatic carbocycles. The summed E-state index contributed by atoms with van der Waals surface area (Å²) >= 11 is 1.11. The van der Waals surface area contributed by atoms with Gasteiger partial charge >= 0.3 is 6.09 Å². The first-order valence-electron chi connectivity index (χ1n) is 25.7. The van der Waals surface area contributed by atoms with E-state index in [9.17, 15) is 38.0 Å². The molecule has 19 nitrogen and oxygen atoms in total. The molecule has 0 bridgehead atoms. The lowest BCUT2D eigenvalue weighted by Gasteiger charge is -2.41. The molecule has 2 aromatic carbocycles. The van der Waals surface area contributed by atoms with Crippen LogP contribution >= 0.6 is 11.8 Å². The SMILES string of the molecule is COCCOCCOCCOCCC(=O)N[C@@H](CSCC(=O)N(CCCNC(=O)OCC[Si](C)(C)C)[C@@H](c1cc(-c2cc(F)ccc2F)cn1Cc1ccccc1)C(C)(C)C)C(=O)NCCNC(=O)CN1C(=O)C=CC1=O. The van der Waals surface area contributed by atoms with Crippen molar-refractivity contribution in [3.63, 3.8) is 0 Å². The van der Waals surface area contributed by atoms with Gasteiger partial charge in [-0.3, -0.25) is 33.7 Å². The second-order valence-electron chi connectivity index (χ2n) is 20.4. The van der Waals surface area contributed by atoms with E-state index >= 15 is 4.39 Å². The Morgan fingerprint density at radius 2 is 1.43 bits per heavy atom. The van der Waals surface area contributed by atoms with Gasteiger partial charge in [0.15, 0.2) is 0 Å². The topological polar surface area (TPSA) is 225 Å². The van der Waals surface area contributed by atoms with E-state index in [4.69, 9.17) is 23.7 Å². The van der Waals surface area contributed by atoms with Crippen LogP contribution in [-0.2, 0) is 59.0 Å². The van der Waals surface area contributed by atoms with E-state index in [1.807, 2.05) is 55.7 Å². The number of ether oxygens (including phenoxy) is 5. The van der Waals surface area contributed by atoms with Gasteiger partial charge in [0.25, 0.3) is 11.8 Å². The smallest absolute Gasteiger partial charge is 0.407 e. The number of nitrogens with one attached hydrogen (secondary N) is 4. The number of hydrogen-bond acceptors (Lipinski definition) is 13. The number of carbonyl (C=O) groups excluding carboxylic acids is 7. The van der Waals surface area contributed by atoms with E-state index in [-0.39, 0.29) is 82.0 Å². The average molecular weight is 1110 g/mol. The molecule has 23 heteroatoms. The first-order chi connectivity index (χ1) is 36.7. The molecule has 0 fully saturated rings.